The van der Waals surface area contributed by atoms with Crippen LogP contribution in [0.2, 0.25) is 0 Å². The van der Waals surface area contributed by atoms with Gasteiger partial charge < -0.3 is 5.11 Å². The first-order valence-electron chi connectivity index (χ1n) is 5.31. The fourth-order valence-electron chi connectivity index (χ4n) is 1.96. The summed E-state index contributed by atoms with van der Waals surface area (Å²) in [4.78, 5) is 27.3. The monoisotopic (exact) mass is 215 g/mol. The maximum absolute atomic E-state index is 11.6. The number of carboxylic acids is 1. The van der Waals surface area contributed by atoms with Gasteiger partial charge in [0.05, 0.1) is 18.4 Å². The van der Waals surface area contributed by atoms with Crippen LogP contribution in [-0.2, 0) is 14.4 Å². The van der Waals surface area contributed by atoms with Gasteiger partial charge in [-0.25, -0.2) is 5.48 Å². The summed E-state index contributed by atoms with van der Waals surface area (Å²) in [6, 6.07) is 0. The van der Waals surface area contributed by atoms with Crippen LogP contribution in [0.25, 0.3) is 0 Å². The molecule has 1 saturated carbocycles. The van der Waals surface area contributed by atoms with Gasteiger partial charge in [-0.3, -0.25) is 14.4 Å². The zero-order valence-corrected chi connectivity index (χ0v) is 8.86. The van der Waals surface area contributed by atoms with Crippen LogP contribution >= 0.6 is 0 Å². The van der Waals surface area contributed by atoms with Gasteiger partial charge in [-0.05, 0) is 19.8 Å². The molecule has 1 amide bonds. The molecule has 0 aliphatic heterocycles. The fourth-order valence-corrected chi connectivity index (χ4v) is 1.96. The second-order valence-corrected chi connectivity index (χ2v) is 3.74. The molecular formula is C10H17NO4. The minimum absolute atomic E-state index is 0.302. The number of amides is 1. The summed E-state index contributed by atoms with van der Waals surface area (Å²) in [5.41, 5.74) is 2.28. The smallest absolute Gasteiger partial charge is 0.307 e. The highest BCUT2D eigenvalue weighted by atomic mass is 16.6. The Morgan fingerprint density at radius 2 is 1.93 bits per heavy atom. The average molecular weight is 215 g/mol. The van der Waals surface area contributed by atoms with E-state index >= 15 is 0 Å². The number of rotatable bonds is 4. The molecule has 2 N–H and O–H groups in total. The van der Waals surface area contributed by atoms with Crippen molar-refractivity contribution in [1.29, 1.82) is 0 Å². The van der Waals surface area contributed by atoms with E-state index in [1.807, 2.05) is 0 Å². The molecule has 15 heavy (non-hydrogen) atoms. The molecule has 0 aromatic carbocycles. The van der Waals surface area contributed by atoms with Crippen molar-refractivity contribution in [2.45, 2.75) is 32.6 Å². The third kappa shape index (κ3) is 3.20. The quantitative estimate of drug-likeness (QED) is 0.684. The van der Waals surface area contributed by atoms with Gasteiger partial charge in [0, 0.05) is 0 Å². The molecule has 1 fully saturated rings. The van der Waals surface area contributed by atoms with Crippen molar-refractivity contribution in [2.24, 2.45) is 11.8 Å². The molecule has 1 aliphatic carbocycles. The Kier molecular flexibility index (Phi) is 4.55. The van der Waals surface area contributed by atoms with Crippen LogP contribution in [0.4, 0.5) is 0 Å². The maximum atomic E-state index is 11.6. The normalized spacial score (nSPS) is 25.9. The van der Waals surface area contributed by atoms with Gasteiger partial charge in [0.15, 0.2) is 0 Å². The van der Waals surface area contributed by atoms with Crippen LogP contribution in [0.1, 0.15) is 32.6 Å². The molecule has 0 aromatic rings. The Bertz CT molecular complexity index is 242. The van der Waals surface area contributed by atoms with Gasteiger partial charge in [-0.2, -0.15) is 0 Å². The van der Waals surface area contributed by atoms with Crippen LogP contribution in [0.15, 0.2) is 0 Å². The molecule has 2 atom stereocenters. The predicted molar refractivity (Wildman–Crippen MR) is 52.9 cm³/mol. The Labute approximate surface area is 88.8 Å². The Balaban J connectivity index is 2.55. The Morgan fingerprint density at radius 3 is 2.47 bits per heavy atom. The number of hydrogen-bond donors (Lipinski definition) is 2. The van der Waals surface area contributed by atoms with Gasteiger partial charge >= 0.3 is 5.97 Å². The molecule has 1 aliphatic rings. The van der Waals surface area contributed by atoms with Crippen molar-refractivity contribution in [3.8, 4) is 0 Å². The zero-order chi connectivity index (χ0) is 11.3. The van der Waals surface area contributed by atoms with Crippen molar-refractivity contribution in [1.82, 2.24) is 5.48 Å². The summed E-state index contributed by atoms with van der Waals surface area (Å²) in [6.07, 6.45) is 3.01. The first-order valence-corrected chi connectivity index (χ1v) is 5.31. The highest BCUT2D eigenvalue weighted by Gasteiger charge is 2.35. The predicted octanol–water partition coefficient (Wildman–Crippen LogP) is 0.945. The van der Waals surface area contributed by atoms with Crippen molar-refractivity contribution in [2.75, 3.05) is 6.61 Å². The van der Waals surface area contributed by atoms with E-state index < -0.39 is 17.8 Å². The van der Waals surface area contributed by atoms with Gasteiger partial charge in [0.1, 0.15) is 0 Å². The number of nitrogens with one attached hydrogen (secondary N) is 1. The molecule has 5 heteroatoms. The summed E-state index contributed by atoms with van der Waals surface area (Å²) in [7, 11) is 0. The Hall–Kier alpha value is -1.10. The van der Waals surface area contributed by atoms with E-state index in [1.165, 1.54) is 0 Å². The van der Waals surface area contributed by atoms with Crippen molar-refractivity contribution >= 4 is 11.9 Å². The van der Waals surface area contributed by atoms with Crippen molar-refractivity contribution < 1.29 is 19.5 Å². The molecule has 1 rings (SSSR count). The third-order valence-electron chi connectivity index (χ3n) is 2.74. The lowest BCUT2D eigenvalue weighted by molar-refractivity contribution is -0.152. The van der Waals surface area contributed by atoms with E-state index in [0.717, 1.165) is 12.8 Å². The van der Waals surface area contributed by atoms with Crippen molar-refractivity contribution in [3.05, 3.63) is 0 Å². The molecule has 86 valence electrons. The highest BCUT2D eigenvalue weighted by Crippen LogP contribution is 2.30. The molecule has 0 aromatic heterocycles. The van der Waals surface area contributed by atoms with E-state index in [0.29, 0.717) is 19.4 Å². The Morgan fingerprint density at radius 1 is 1.33 bits per heavy atom. The summed E-state index contributed by atoms with van der Waals surface area (Å²) in [5.74, 6) is -2.18. The van der Waals surface area contributed by atoms with Gasteiger partial charge in [0.25, 0.3) is 0 Å². The number of aliphatic carboxylic acids is 1. The zero-order valence-electron chi connectivity index (χ0n) is 8.86. The van der Waals surface area contributed by atoms with Gasteiger partial charge in [0.2, 0.25) is 5.91 Å². The number of carboxylic acid groups (broad SMARTS) is 1. The van der Waals surface area contributed by atoms with E-state index in [4.69, 9.17) is 9.94 Å². The lowest BCUT2D eigenvalue weighted by Gasteiger charge is -2.26. The minimum Gasteiger partial charge on any atom is -0.481 e. The third-order valence-corrected chi connectivity index (χ3v) is 2.74. The summed E-state index contributed by atoms with van der Waals surface area (Å²) < 4.78 is 0. The van der Waals surface area contributed by atoms with E-state index in [9.17, 15) is 9.59 Å². The number of hydroxylamine groups is 1. The number of carbonyl (C=O) groups is 2. The SMILES string of the molecule is CCONC(=O)C1CCCCC1C(=O)O. The van der Waals surface area contributed by atoms with E-state index in [-0.39, 0.29) is 5.91 Å². The van der Waals surface area contributed by atoms with Gasteiger partial charge in [-0.1, -0.05) is 12.8 Å². The van der Waals surface area contributed by atoms with E-state index in [2.05, 4.69) is 5.48 Å². The molecule has 5 nitrogen and oxygen atoms in total. The minimum atomic E-state index is -0.883. The lowest BCUT2D eigenvalue weighted by atomic mass is 9.79. The number of carbonyl (C=O) groups excluding carboxylic acids is 1. The average Bonchev–Trinajstić information content (AvgIpc) is 2.25. The second kappa shape index (κ2) is 5.70. The van der Waals surface area contributed by atoms with Crippen LogP contribution < -0.4 is 5.48 Å². The molecule has 2 unspecified atom stereocenters. The molecule has 0 heterocycles. The van der Waals surface area contributed by atoms with Crippen LogP contribution in [0, 0.1) is 11.8 Å². The lowest BCUT2D eigenvalue weighted by Crippen LogP contribution is -2.39. The first-order chi connectivity index (χ1) is 7.16. The summed E-state index contributed by atoms with van der Waals surface area (Å²) in [6.45, 7) is 2.14. The number of hydrogen-bond acceptors (Lipinski definition) is 3. The van der Waals surface area contributed by atoms with Crippen LogP contribution in [0.5, 0.6) is 0 Å². The van der Waals surface area contributed by atoms with Crippen molar-refractivity contribution in [3.63, 3.8) is 0 Å². The second-order valence-electron chi connectivity index (χ2n) is 3.74. The van der Waals surface area contributed by atoms with E-state index in [1.54, 1.807) is 6.92 Å². The molecule has 0 radical (unpaired) electrons. The molecule has 0 spiro atoms. The largest absolute Gasteiger partial charge is 0.481 e. The fraction of sp³-hybridized carbons (Fsp3) is 0.800. The summed E-state index contributed by atoms with van der Waals surface area (Å²) >= 11 is 0. The highest BCUT2D eigenvalue weighted by molar-refractivity contribution is 5.84. The topological polar surface area (TPSA) is 75.6 Å². The van der Waals surface area contributed by atoms with Gasteiger partial charge in [-0.15, -0.1) is 0 Å². The molecular weight excluding hydrogens is 198 g/mol. The van der Waals surface area contributed by atoms with Crippen LogP contribution in [-0.4, -0.2) is 23.6 Å². The maximum Gasteiger partial charge on any atom is 0.307 e. The van der Waals surface area contributed by atoms with Crippen LogP contribution in [0.3, 0.4) is 0 Å². The molecule has 0 bridgehead atoms. The molecule has 0 saturated heterocycles. The summed E-state index contributed by atoms with van der Waals surface area (Å²) in [5, 5.41) is 8.96. The standard InChI is InChI=1S/C10H17NO4/c1-2-15-11-9(12)7-5-3-4-6-8(7)10(13)14/h7-8H,2-6H2,1H3,(H,11,12)(H,13,14). The first kappa shape index (κ1) is 12.0.